The third kappa shape index (κ3) is 1.79. The smallest absolute Gasteiger partial charge is 0.153 e. The zero-order valence-corrected chi connectivity index (χ0v) is 13.9. The van der Waals surface area contributed by atoms with Crippen LogP contribution in [0.4, 0.5) is 0 Å². The van der Waals surface area contributed by atoms with Gasteiger partial charge in [-0.3, -0.25) is 0 Å². The SMILES string of the molecule is C=C1C2=IC=CC3=CC(O)=C(OC)C(C32)C2C=CC=CC12. The topological polar surface area (TPSA) is 29.5 Å². The van der Waals surface area contributed by atoms with E-state index in [0.29, 0.717) is 17.8 Å². The van der Waals surface area contributed by atoms with Crippen molar-refractivity contribution in [3.8, 4) is 0 Å². The van der Waals surface area contributed by atoms with Gasteiger partial charge in [-0.25, -0.2) is 0 Å². The van der Waals surface area contributed by atoms with Gasteiger partial charge in [-0.2, -0.15) is 0 Å². The van der Waals surface area contributed by atoms with E-state index in [9.17, 15) is 5.11 Å². The van der Waals surface area contributed by atoms with E-state index < -0.39 is 0 Å². The van der Waals surface area contributed by atoms with Crippen LogP contribution < -0.4 is 0 Å². The Morgan fingerprint density at radius 2 is 2.10 bits per heavy atom. The summed E-state index contributed by atoms with van der Waals surface area (Å²) in [7, 11) is 1.67. The fourth-order valence-corrected chi connectivity index (χ4v) is 6.80. The summed E-state index contributed by atoms with van der Waals surface area (Å²) in [5.41, 5.74) is 2.50. The zero-order valence-electron chi connectivity index (χ0n) is 11.8. The van der Waals surface area contributed by atoms with Crippen molar-refractivity contribution in [3.05, 3.63) is 69.8 Å². The molecule has 0 radical (unpaired) electrons. The van der Waals surface area contributed by atoms with E-state index in [1.807, 2.05) is 6.08 Å². The standard InChI is InChI=1S/C18H17IO2/c1-10-12-5-3-4-6-13(12)16-15-11(7-8-19-17(10)15)9-14(20)18(16)21-2/h3-9,12-13,15-16,20H,1H2,2H3. The molecule has 0 aromatic rings. The maximum atomic E-state index is 10.4. The van der Waals surface area contributed by atoms with Crippen molar-refractivity contribution < 1.29 is 9.84 Å². The molecule has 4 atom stereocenters. The van der Waals surface area contributed by atoms with E-state index in [1.54, 1.807) is 7.11 Å². The molecule has 2 nitrogen and oxygen atoms in total. The first-order valence-electron chi connectivity index (χ1n) is 7.12. The van der Waals surface area contributed by atoms with Crippen molar-refractivity contribution in [1.82, 2.24) is 0 Å². The fraction of sp³-hybridized carbons (Fsp3) is 0.278. The Hall–Kier alpha value is -1.36. The second-order valence-corrected chi connectivity index (χ2v) is 8.25. The van der Waals surface area contributed by atoms with E-state index in [-0.39, 0.29) is 32.4 Å². The molecule has 3 heteroatoms. The maximum Gasteiger partial charge on any atom is 0.153 e. The van der Waals surface area contributed by atoms with Gasteiger partial charge in [0.2, 0.25) is 0 Å². The number of hydrogen-bond donors (Lipinski definition) is 1. The molecule has 4 rings (SSSR count). The van der Waals surface area contributed by atoms with Crippen LogP contribution in [-0.4, -0.2) is 15.7 Å². The van der Waals surface area contributed by atoms with Crippen LogP contribution in [0.2, 0.25) is 0 Å². The largest absolute Gasteiger partial charge is 0.504 e. The molecule has 0 aromatic carbocycles. The van der Waals surface area contributed by atoms with Crippen molar-refractivity contribution >= 4 is 24.2 Å². The summed E-state index contributed by atoms with van der Waals surface area (Å²) in [5, 5.41) is 10.4. The Morgan fingerprint density at radius 3 is 2.90 bits per heavy atom. The number of allylic oxidation sites excluding steroid dienone is 9. The van der Waals surface area contributed by atoms with Crippen LogP contribution in [0.25, 0.3) is 0 Å². The van der Waals surface area contributed by atoms with Crippen molar-refractivity contribution in [1.29, 1.82) is 0 Å². The van der Waals surface area contributed by atoms with Gasteiger partial charge in [-0.1, -0.05) is 57.7 Å². The second kappa shape index (κ2) is 4.83. The number of methoxy groups -OCH3 is 1. The molecule has 0 amide bonds. The minimum Gasteiger partial charge on any atom is -0.504 e. The van der Waals surface area contributed by atoms with Crippen molar-refractivity contribution in [2.75, 3.05) is 7.11 Å². The number of aliphatic hydroxyl groups is 1. The number of aliphatic hydroxyl groups excluding tert-OH is 1. The van der Waals surface area contributed by atoms with Crippen LogP contribution >= 0.6 is 20.7 Å². The van der Waals surface area contributed by atoms with Crippen LogP contribution in [0.1, 0.15) is 0 Å². The van der Waals surface area contributed by atoms with Gasteiger partial charge in [-0.05, 0) is 30.7 Å². The molecule has 1 fully saturated rings. The zero-order chi connectivity index (χ0) is 14.6. The summed E-state index contributed by atoms with van der Waals surface area (Å²) < 4.78 is 9.39. The lowest BCUT2D eigenvalue weighted by atomic mass is 9.59. The summed E-state index contributed by atoms with van der Waals surface area (Å²) in [5.74, 6) is 2.24. The molecule has 3 aliphatic carbocycles. The average Bonchev–Trinajstić information content (AvgIpc) is 2.51. The maximum absolute atomic E-state index is 10.4. The first-order chi connectivity index (χ1) is 10.2. The van der Waals surface area contributed by atoms with E-state index in [4.69, 9.17) is 4.74 Å². The molecule has 1 aliphatic heterocycles. The van der Waals surface area contributed by atoms with Gasteiger partial charge >= 0.3 is 0 Å². The Bertz CT molecular complexity index is 703. The minimum atomic E-state index is -0.109. The Balaban J connectivity index is 1.94. The van der Waals surface area contributed by atoms with Gasteiger partial charge in [0.15, 0.2) is 5.76 Å². The summed E-state index contributed by atoms with van der Waals surface area (Å²) in [6, 6.07) is 0. The molecular weight excluding hydrogens is 375 g/mol. The molecule has 108 valence electrons. The third-order valence-corrected chi connectivity index (χ3v) is 7.56. The molecule has 1 saturated carbocycles. The van der Waals surface area contributed by atoms with E-state index >= 15 is 0 Å². The summed E-state index contributed by atoms with van der Waals surface area (Å²) >= 11 is -0.109. The number of rotatable bonds is 1. The van der Waals surface area contributed by atoms with E-state index in [1.165, 1.54) is 14.7 Å². The molecule has 1 N–H and O–H groups in total. The molecule has 4 unspecified atom stereocenters. The highest BCUT2D eigenvalue weighted by Gasteiger charge is 2.49. The first kappa shape index (κ1) is 13.3. The molecule has 0 aromatic heterocycles. The summed E-state index contributed by atoms with van der Waals surface area (Å²) in [6.07, 6.45) is 12.8. The monoisotopic (exact) mass is 392 g/mol. The molecule has 0 spiro atoms. The first-order valence-corrected chi connectivity index (χ1v) is 9.44. The minimum absolute atomic E-state index is 0.109. The molecule has 0 saturated heterocycles. The quantitative estimate of drug-likeness (QED) is 0.679. The van der Waals surface area contributed by atoms with Crippen LogP contribution in [0, 0.1) is 23.7 Å². The Labute approximate surface area is 134 Å². The van der Waals surface area contributed by atoms with Gasteiger partial charge in [0.1, 0.15) is 5.76 Å². The summed E-state index contributed by atoms with van der Waals surface area (Å²) in [4.78, 5) is 0. The third-order valence-electron chi connectivity index (χ3n) is 4.81. The summed E-state index contributed by atoms with van der Waals surface area (Å²) in [6.45, 7) is 4.40. The Morgan fingerprint density at radius 1 is 1.29 bits per heavy atom. The van der Waals surface area contributed by atoms with Gasteiger partial charge in [0.25, 0.3) is 0 Å². The predicted molar refractivity (Wildman–Crippen MR) is 94.3 cm³/mol. The molecule has 4 aliphatic rings. The van der Waals surface area contributed by atoms with E-state index in [2.05, 4.69) is 41.0 Å². The van der Waals surface area contributed by atoms with Gasteiger partial charge in [-0.15, -0.1) is 0 Å². The van der Waals surface area contributed by atoms with Crippen LogP contribution in [0.15, 0.2) is 69.8 Å². The van der Waals surface area contributed by atoms with Crippen molar-refractivity contribution in [3.63, 3.8) is 0 Å². The molecular formula is C18H17IO2. The van der Waals surface area contributed by atoms with Gasteiger partial charge < -0.3 is 9.84 Å². The number of hydrogen-bond acceptors (Lipinski definition) is 2. The lowest BCUT2D eigenvalue weighted by Gasteiger charge is -2.47. The highest BCUT2D eigenvalue weighted by Crippen LogP contribution is 2.53. The Kier molecular flexibility index (Phi) is 3.06. The van der Waals surface area contributed by atoms with E-state index in [0.717, 1.165) is 5.76 Å². The molecule has 0 bridgehead atoms. The highest BCUT2D eigenvalue weighted by molar-refractivity contribution is 14.2. The predicted octanol–water partition coefficient (Wildman–Crippen LogP) is 4.17. The highest BCUT2D eigenvalue weighted by atomic mass is 127. The van der Waals surface area contributed by atoms with Gasteiger partial charge in [0.05, 0.1) is 7.11 Å². The van der Waals surface area contributed by atoms with Crippen LogP contribution in [-0.2, 0) is 4.74 Å². The fourth-order valence-electron chi connectivity index (χ4n) is 3.93. The average molecular weight is 392 g/mol. The normalized spacial score (nSPS) is 36.3. The second-order valence-electron chi connectivity index (χ2n) is 5.75. The molecule has 21 heavy (non-hydrogen) atoms. The van der Waals surface area contributed by atoms with Gasteiger partial charge in [0, 0.05) is 17.8 Å². The number of halogens is 1. The van der Waals surface area contributed by atoms with Crippen LogP contribution in [0.3, 0.4) is 0 Å². The van der Waals surface area contributed by atoms with Crippen molar-refractivity contribution in [2.45, 2.75) is 0 Å². The molecule has 1 heterocycles. The number of fused-ring (bicyclic) bond motifs is 2. The number of ether oxygens (including phenoxy) is 1. The van der Waals surface area contributed by atoms with Crippen molar-refractivity contribution in [2.24, 2.45) is 23.7 Å². The lowest BCUT2D eigenvalue weighted by Crippen LogP contribution is -2.44. The van der Waals surface area contributed by atoms with Crippen LogP contribution in [0.5, 0.6) is 0 Å². The lowest BCUT2D eigenvalue weighted by molar-refractivity contribution is 0.162.